The molecule has 3 amide bonds. The van der Waals surface area contributed by atoms with Crippen LogP contribution < -0.4 is 4.90 Å². The molecule has 2 aromatic carbocycles. The second kappa shape index (κ2) is 8.26. The molecule has 160 valence electrons. The highest BCUT2D eigenvalue weighted by Crippen LogP contribution is 2.30. The van der Waals surface area contributed by atoms with Gasteiger partial charge < -0.3 is 10.0 Å². The number of phenols is 1. The van der Waals surface area contributed by atoms with Gasteiger partial charge in [0.05, 0.1) is 34.0 Å². The van der Waals surface area contributed by atoms with Crippen LogP contribution in [0.5, 0.6) is 5.75 Å². The fraction of sp³-hybridized carbons (Fsp3) is 0.0909. The Balaban J connectivity index is 1.63. The number of fused-ring (bicyclic) bond motifs is 1. The van der Waals surface area contributed by atoms with Gasteiger partial charge in [-0.3, -0.25) is 34.4 Å². The number of aromatic hydroxyl groups is 1. The fourth-order valence-electron chi connectivity index (χ4n) is 3.41. The Kier molecular flexibility index (Phi) is 5.34. The molecule has 32 heavy (non-hydrogen) atoms. The molecule has 0 saturated carbocycles. The third-order valence-electron chi connectivity index (χ3n) is 4.98. The van der Waals surface area contributed by atoms with Crippen LogP contribution in [0.2, 0.25) is 0 Å². The van der Waals surface area contributed by atoms with Gasteiger partial charge in [-0.05, 0) is 30.3 Å². The summed E-state index contributed by atoms with van der Waals surface area (Å²) in [6.45, 7) is -0.618. The molecule has 1 aliphatic heterocycles. The first-order valence-corrected chi connectivity index (χ1v) is 9.49. The average Bonchev–Trinajstić information content (AvgIpc) is 3.03. The number of carbonyl (C=O) groups excluding carboxylic acids is 3. The summed E-state index contributed by atoms with van der Waals surface area (Å²) in [6, 6.07) is 14.7. The maximum absolute atomic E-state index is 13.2. The molecule has 3 aromatic rings. The number of imide groups is 1. The van der Waals surface area contributed by atoms with E-state index in [0.717, 1.165) is 17.0 Å². The number of amides is 3. The molecule has 10 heteroatoms. The summed E-state index contributed by atoms with van der Waals surface area (Å²) in [5.74, 6) is -2.31. The number of nitro groups is 1. The predicted octanol–water partition coefficient (Wildman–Crippen LogP) is 2.52. The maximum Gasteiger partial charge on any atom is 0.270 e. The van der Waals surface area contributed by atoms with Gasteiger partial charge in [-0.25, -0.2) is 0 Å². The van der Waals surface area contributed by atoms with Crippen LogP contribution in [-0.4, -0.2) is 44.2 Å². The van der Waals surface area contributed by atoms with Crippen molar-refractivity contribution in [3.63, 3.8) is 0 Å². The van der Waals surface area contributed by atoms with E-state index in [4.69, 9.17) is 0 Å². The van der Waals surface area contributed by atoms with Crippen LogP contribution in [0.1, 0.15) is 26.4 Å². The van der Waals surface area contributed by atoms with Crippen LogP contribution in [0.3, 0.4) is 0 Å². The Morgan fingerprint density at radius 3 is 2.44 bits per heavy atom. The first kappa shape index (κ1) is 20.7. The van der Waals surface area contributed by atoms with Crippen LogP contribution >= 0.6 is 0 Å². The minimum absolute atomic E-state index is 0.00719. The van der Waals surface area contributed by atoms with Gasteiger partial charge in [0.1, 0.15) is 12.3 Å². The molecule has 1 aromatic heterocycles. The summed E-state index contributed by atoms with van der Waals surface area (Å²) in [5, 5.41) is 21.3. The molecule has 0 spiro atoms. The van der Waals surface area contributed by atoms with Gasteiger partial charge in [0.15, 0.2) is 0 Å². The summed E-state index contributed by atoms with van der Waals surface area (Å²) in [6.07, 6.45) is 1.56. The molecule has 1 N–H and O–H groups in total. The third kappa shape index (κ3) is 3.76. The zero-order chi connectivity index (χ0) is 22.8. The van der Waals surface area contributed by atoms with Crippen LogP contribution in [-0.2, 0) is 11.3 Å². The number of para-hydroxylation sites is 2. The quantitative estimate of drug-likeness (QED) is 0.359. The number of anilines is 1. The summed E-state index contributed by atoms with van der Waals surface area (Å²) in [5.41, 5.74) is 0.254. The van der Waals surface area contributed by atoms with Gasteiger partial charge in [-0.15, -0.1) is 0 Å². The Morgan fingerprint density at radius 1 is 1.03 bits per heavy atom. The molecule has 0 unspecified atom stereocenters. The van der Waals surface area contributed by atoms with E-state index in [-0.39, 0.29) is 34.8 Å². The number of non-ortho nitro benzene ring substituents is 1. The first-order valence-electron chi connectivity index (χ1n) is 9.49. The molecule has 0 saturated heterocycles. The lowest BCUT2D eigenvalue weighted by molar-refractivity contribution is -0.384. The third-order valence-corrected chi connectivity index (χ3v) is 4.98. The molecule has 0 atom stereocenters. The highest BCUT2D eigenvalue weighted by atomic mass is 16.6. The Bertz CT molecular complexity index is 1240. The lowest BCUT2D eigenvalue weighted by Gasteiger charge is -2.25. The van der Waals surface area contributed by atoms with Gasteiger partial charge in [0.25, 0.3) is 17.5 Å². The van der Waals surface area contributed by atoms with Gasteiger partial charge in [0, 0.05) is 18.3 Å². The molecule has 2 heterocycles. The number of nitrogens with zero attached hydrogens (tertiary/aromatic N) is 4. The number of pyridine rings is 1. The molecule has 0 aliphatic carbocycles. The van der Waals surface area contributed by atoms with Crippen molar-refractivity contribution in [3.05, 3.63) is 93.8 Å². The average molecular weight is 432 g/mol. The molecule has 4 rings (SSSR count). The van der Waals surface area contributed by atoms with Gasteiger partial charge in [0.2, 0.25) is 5.91 Å². The van der Waals surface area contributed by atoms with E-state index in [1.807, 2.05) is 0 Å². The molecule has 0 fully saturated rings. The number of hydrogen-bond donors (Lipinski definition) is 1. The van der Waals surface area contributed by atoms with Crippen LogP contribution in [0.15, 0.2) is 66.9 Å². The number of benzene rings is 2. The number of phenolic OH excluding ortho intramolecular Hbond substituents is 1. The number of hydrogen-bond acceptors (Lipinski definition) is 7. The number of nitro benzene ring substituents is 1. The van der Waals surface area contributed by atoms with Gasteiger partial charge >= 0.3 is 0 Å². The summed E-state index contributed by atoms with van der Waals surface area (Å²) in [4.78, 5) is 55.2. The van der Waals surface area contributed by atoms with Crippen molar-refractivity contribution in [1.29, 1.82) is 0 Å². The monoisotopic (exact) mass is 432 g/mol. The van der Waals surface area contributed by atoms with Crippen molar-refractivity contribution >= 4 is 29.1 Å². The summed E-state index contributed by atoms with van der Waals surface area (Å²) < 4.78 is 0. The van der Waals surface area contributed by atoms with Crippen molar-refractivity contribution < 1.29 is 24.4 Å². The highest BCUT2D eigenvalue weighted by molar-refractivity contribution is 6.23. The fourth-order valence-corrected chi connectivity index (χ4v) is 3.41. The lowest BCUT2D eigenvalue weighted by Crippen LogP contribution is -2.42. The van der Waals surface area contributed by atoms with E-state index < -0.39 is 29.2 Å². The van der Waals surface area contributed by atoms with E-state index in [2.05, 4.69) is 4.98 Å². The maximum atomic E-state index is 13.2. The minimum Gasteiger partial charge on any atom is -0.506 e. The standard InChI is InChI=1S/C22H16N4O6/c27-19-7-2-1-6-18(19)24(12-14-5-3-4-10-23-14)20(28)13-25-21(29)16-9-8-15(26(31)32)11-17(16)22(25)30/h1-11,27H,12-13H2. The molecular weight excluding hydrogens is 416 g/mol. The summed E-state index contributed by atoms with van der Waals surface area (Å²) in [7, 11) is 0. The largest absolute Gasteiger partial charge is 0.506 e. The van der Waals surface area contributed by atoms with Crippen molar-refractivity contribution in [1.82, 2.24) is 9.88 Å². The summed E-state index contributed by atoms with van der Waals surface area (Å²) >= 11 is 0. The molecule has 0 bridgehead atoms. The van der Waals surface area contributed by atoms with E-state index in [1.54, 1.807) is 36.5 Å². The molecule has 0 radical (unpaired) electrons. The van der Waals surface area contributed by atoms with Gasteiger partial charge in [-0.2, -0.15) is 0 Å². The second-order valence-corrected chi connectivity index (χ2v) is 6.97. The van der Waals surface area contributed by atoms with Crippen LogP contribution in [0.4, 0.5) is 11.4 Å². The normalized spacial score (nSPS) is 12.6. The number of aromatic nitrogens is 1. The van der Waals surface area contributed by atoms with E-state index in [9.17, 15) is 29.6 Å². The van der Waals surface area contributed by atoms with E-state index >= 15 is 0 Å². The number of carbonyl (C=O) groups is 3. The van der Waals surface area contributed by atoms with Crippen molar-refractivity contribution in [2.45, 2.75) is 6.54 Å². The van der Waals surface area contributed by atoms with E-state index in [0.29, 0.717) is 5.69 Å². The van der Waals surface area contributed by atoms with Crippen LogP contribution in [0.25, 0.3) is 0 Å². The van der Waals surface area contributed by atoms with Crippen molar-refractivity contribution in [3.8, 4) is 5.75 Å². The van der Waals surface area contributed by atoms with Crippen molar-refractivity contribution in [2.24, 2.45) is 0 Å². The first-order chi connectivity index (χ1) is 15.4. The predicted molar refractivity (Wildman–Crippen MR) is 112 cm³/mol. The Hall–Kier alpha value is -4.60. The smallest absolute Gasteiger partial charge is 0.270 e. The molecule has 10 nitrogen and oxygen atoms in total. The Morgan fingerprint density at radius 2 is 1.75 bits per heavy atom. The zero-order valence-electron chi connectivity index (χ0n) is 16.5. The zero-order valence-corrected chi connectivity index (χ0v) is 16.5. The Labute approximate surface area is 181 Å². The van der Waals surface area contributed by atoms with Crippen molar-refractivity contribution in [2.75, 3.05) is 11.4 Å². The molecular formula is C22H16N4O6. The van der Waals surface area contributed by atoms with E-state index in [1.165, 1.54) is 23.1 Å². The number of rotatable bonds is 6. The lowest BCUT2D eigenvalue weighted by atomic mass is 10.1. The minimum atomic E-state index is -0.794. The molecule has 1 aliphatic rings. The van der Waals surface area contributed by atoms with Gasteiger partial charge in [-0.1, -0.05) is 18.2 Å². The SMILES string of the molecule is O=C1c2ccc([N+](=O)[O-])cc2C(=O)N1CC(=O)N(Cc1ccccn1)c1ccccc1O. The van der Waals surface area contributed by atoms with Crippen LogP contribution in [0, 0.1) is 10.1 Å². The topological polar surface area (TPSA) is 134 Å². The second-order valence-electron chi connectivity index (χ2n) is 6.97. The highest BCUT2D eigenvalue weighted by Gasteiger charge is 2.39.